The number of aliphatic carboxylic acids is 1. The molecule has 0 amide bonds. The fourth-order valence-electron chi connectivity index (χ4n) is 0.265. The average molecular weight is 324 g/mol. The van der Waals surface area contributed by atoms with Crippen LogP contribution in [-0.4, -0.2) is 62.5 Å². The van der Waals surface area contributed by atoms with Crippen LogP contribution in [0.25, 0.3) is 0 Å². The summed E-state index contributed by atoms with van der Waals surface area (Å²) in [4.78, 5) is 15.4. The fourth-order valence-corrected chi connectivity index (χ4v) is 1.09. The zero-order valence-corrected chi connectivity index (χ0v) is 9.78. The second-order valence-electron chi connectivity index (χ2n) is 2.34. The van der Waals surface area contributed by atoms with Crippen molar-refractivity contribution < 1.29 is 20.6 Å². The van der Waals surface area contributed by atoms with Gasteiger partial charge in [-0.3, -0.25) is 0 Å². The number of carboxylic acids is 1. The molecule has 0 saturated heterocycles. The van der Waals surface area contributed by atoms with E-state index in [1.54, 1.807) is 0 Å². The Balaban J connectivity index is -0.000000366. The molecule has 0 unspecified atom stereocenters. The van der Waals surface area contributed by atoms with E-state index in [4.69, 9.17) is 36.7 Å². The summed E-state index contributed by atoms with van der Waals surface area (Å²) in [5.41, 5.74) is 0. The number of hydrogen-bond acceptors (Lipinski definition) is 7. The summed E-state index contributed by atoms with van der Waals surface area (Å²) in [5, 5.41) is 59.1. The summed E-state index contributed by atoms with van der Waals surface area (Å²) in [6.07, 6.45) is 0.833. The van der Waals surface area contributed by atoms with Crippen LogP contribution in [0.2, 0.25) is 0 Å². The van der Waals surface area contributed by atoms with Gasteiger partial charge in [0.25, 0.3) is 0 Å². The normalized spacial score (nSPS) is 10.8. The van der Waals surface area contributed by atoms with Gasteiger partial charge in [-0.05, 0) is 0 Å². The van der Waals surface area contributed by atoms with E-state index in [1.807, 2.05) is 0 Å². The molecule has 0 aromatic rings. The molecule has 1 N–H and O–H groups in total. The minimum absolute atomic E-state index is 0. The predicted octanol–water partition coefficient (Wildman–Crippen LogP) is -0.293. The zero-order valence-electron chi connectivity index (χ0n) is 8.68. The van der Waals surface area contributed by atoms with E-state index >= 15 is 0 Å². The number of carbonyl (C=O) groups is 1. The van der Waals surface area contributed by atoms with E-state index in [-0.39, 0.29) is 51.4 Å². The van der Waals surface area contributed by atoms with E-state index in [0.29, 0.717) is 0 Å². The van der Waals surface area contributed by atoms with Gasteiger partial charge in [0.05, 0.1) is 0 Å². The van der Waals surface area contributed by atoms with E-state index in [0.717, 1.165) is 35.9 Å². The quantitative estimate of drug-likeness (QED) is 0.504. The topological polar surface area (TPSA) is 180 Å². The monoisotopic (exact) mass is 324 g/mol. The molecule has 0 aliphatic carbocycles. The summed E-state index contributed by atoms with van der Waals surface area (Å²) in [6, 6.07) is 0. The van der Waals surface area contributed by atoms with Gasteiger partial charge in [-0.2, -0.15) is 0 Å². The van der Waals surface area contributed by atoms with Crippen molar-refractivity contribution in [2.24, 2.45) is 0 Å². The average Bonchev–Trinajstić information content (AvgIpc) is 2.46. The van der Waals surface area contributed by atoms with Crippen molar-refractivity contribution in [2.45, 2.75) is 0 Å². The van der Waals surface area contributed by atoms with Crippen molar-refractivity contribution in [1.82, 2.24) is 0 Å². The Morgan fingerprint density at radius 3 is 1.05 bits per heavy atom. The van der Waals surface area contributed by atoms with Gasteiger partial charge in [0.1, 0.15) is 0 Å². The summed E-state index contributed by atoms with van der Waals surface area (Å²) in [6.45, 7) is 2.96. The van der Waals surface area contributed by atoms with Crippen molar-refractivity contribution in [3.05, 3.63) is 12.7 Å². The molecule has 0 bridgehead atoms. The molecule has 0 aliphatic heterocycles. The molecular weight excluding hydrogens is 319 g/mol. The fraction of sp³-hybridized carbons (Fsp3) is 0. The van der Waals surface area contributed by atoms with Crippen LogP contribution in [-0.2, 0) is 15.5 Å². The Bertz CT molecular complexity index is 529. The van der Waals surface area contributed by atoms with Crippen LogP contribution < -0.4 is 0 Å². The zero-order chi connectivity index (χ0) is 14.9. The van der Waals surface area contributed by atoms with Crippen LogP contribution in [0.1, 0.15) is 0 Å². The Hall–Kier alpha value is -1.69. The van der Waals surface area contributed by atoms with Crippen LogP contribution >= 0.6 is 0 Å². The first-order valence-electron chi connectivity index (χ1n) is 3.53. The molecular formula is C9H5FeKN6O2. The second-order valence-corrected chi connectivity index (χ2v) is 7.96. The molecule has 8 nitrogen and oxygen atoms in total. The molecule has 0 aromatic heterocycles. The van der Waals surface area contributed by atoms with Crippen molar-refractivity contribution in [2.75, 3.05) is 0 Å². The molecule has 0 aliphatic rings. The number of hydrogen-bond donors (Lipinski definition) is 1. The molecule has 10 heteroatoms. The number of nitrogens with zero attached hydrogens (tertiary/aromatic N) is 6. The van der Waals surface area contributed by atoms with E-state index in [9.17, 15) is 4.79 Å². The third-order valence-electron chi connectivity index (χ3n) is 1.36. The molecule has 0 spiro atoms. The molecule has 0 rings (SSSR count). The van der Waals surface area contributed by atoms with Crippen LogP contribution in [0.3, 0.4) is 0 Å². The van der Waals surface area contributed by atoms with Crippen LogP contribution in [0.15, 0.2) is 12.7 Å². The van der Waals surface area contributed by atoms with Crippen molar-refractivity contribution >= 4 is 57.4 Å². The van der Waals surface area contributed by atoms with Crippen molar-refractivity contribution in [1.29, 1.82) is 31.6 Å². The number of carboxylic acid groups (broad SMARTS) is 1. The summed E-state index contributed by atoms with van der Waals surface area (Å²) < 4.78 is 0. The SMILES string of the molecule is C=CC(=O)O.N#[C][Fe]([C]#N)([C]#N)([C]#N)([C]#N)[C]#N.[KH]. The first kappa shape index (κ1) is 22.5. The van der Waals surface area contributed by atoms with Gasteiger partial charge >= 0.3 is 129 Å². The molecule has 0 aromatic carbocycles. The Morgan fingerprint density at radius 2 is 1.05 bits per heavy atom. The van der Waals surface area contributed by atoms with Gasteiger partial charge in [-0.25, -0.2) is 4.79 Å². The Kier molecular flexibility index (Phi) is 8.32. The molecule has 92 valence electrons. The predicted molar refractivity (Wildman–Crippen MR) is 58.7 cm³/mol. The Labute approximate surface area is 150 Å². The van der Waals surface area contributed by atoms with E-state index < -0.39 is 16.7 Å². The standard InChI is InChI=1S/C3H4O2.6CN.Fe.K.H/c1-2-3(4)5;6*1-2;;;/h2H,1H2,(H,4,5);;;;;;;;;. The van der Waals surface area contributed by atoms with Crippen LogP contribution in [0.5, 0.6) is 0 Å². The Morgan fingerprint density at radius 1 is 0.895 bits per heavy atom. The molecule has 0 heterocycles. The number of nitriles is 6. The third kappa shape index (κ3) is 3.63. The third-order valence-corrected chi connectivity index (χ3v) is 5.06. The van der Waals surface area contributed by atoms with Crippen molar-refractivity contribution in [3.8, 4) is 29.8 Å². The van der Waals surface area contributed by atoms with Crippen LogP contribution in [0, 0.1) is 61.4 Å². The second kappa shape index (κ2) is 7.03. The van der Waals surface area contributed by atoms with Gasteiger partial charge in [0, 0.05) is 6.08 Å². The first-order valence-corrected chi connectivity index (χ1v) is 6.84. The van der Waals surface area contributed by atoms with Gasteiger partial charge < -0.3 is 5.11 Å². The maximum atomic E-state index is 9.25. The molecule has 0 radical (unpaired) electrons. The summed E-state index contributed by atoms with van der Waals surface area (Å²) in [5.74, 6) is -0.981. The van der Waals surface area contributed by atoms with Crippen LogP contribution in [0.4, 0.5) is 0 Å². The van der Waals surface area contributed by atoms with E-state index in [1.165, 1.54) is 0 Å². The molecule has 0 fully saturated rings. The summed E-state index contributed by atoms with van der Waals surface area (Å²) >= 11 is 0. The molecule has 0 atom stereocenters. The van der Waals surface area contributed by atoms with Gasteiger partial charge in [-0.1, -0.05) is 6.58 Å². The van der Waals surface area contributed by atoms with Gasteiger partial charge in [0.15, 0.2) is 0 Å². The number of rotatable bonds is 1. The van der Waals surface area contributed by atoms with Gasteiger partial charge in [-0.15, -0.1) is 0 Å². The minimum atomic E-state index is -6.17. The first-order chi connectivity index (χ1) is 8.24. The molecule has 0 saturated carbocycles. The van der Waals surface area contributed by atoms with E-state index in [2.05, 4.69) is 6.58 Å². The maximum absolute atomic E-state index is 9.25. The summed E-state index contributed by atoms with van der Waals surface area (Å²) in [7, 11) is -6.17. The van der Waals surface area contributed by atoms with Crippen molar-refractivity contribution in [3.63, 3.8) is 0 Å². The van der Waals surface area contributed by atoms with Gasteiger partial charge in [0.2, 0.25) is 0 Å². The molecule has 19 heavy (non-hydrogen) atoms.